The minimum absolute atomic E-state index is 0.100. The number of nitrogens with one attached hydrogen (secondary N) is 1. The van der Waals surface area contributed by atoms with E-state index in [1.54, 1.807) is 0 Å². The van der Waals surface area contributed by atoms with Gasteiger partial charge in [-0.15, -0.1) is 0 Å². The van der Waals surface area contributed by atoms with Gasteiger partial charge in [0.25, 0.3) is 0 Å². The summed E-state index contributed by atoms with van der Waals surface area (Å²) >= 11 is 12.9. The summed E-state index contributed by atoms with van der Waals surface area (Å²) < 4.78 is 0. The molecule has 0 radical (unpaired) electrons. The molecule has 1 unspecified atom stereocenters. The van der Waals surface area contributed by atoms with Crippen LogP contribution < -0.4 is 5.32 Å². The first-order valence-corrected chi connectivity index (χ1v) is 10.0. The van der Waals surface area contributed by atoms with Crippen molar-refractivity contribution in [3.8, 4) is 11.1 Å². The molecule has 0 aliphatic carbocycles. The van der Waals surface area contributed by atoms with E-state index in [-0.39, 0.29) is 6.04 Å². The van der Waals surface area contributed by atoms with Crippen LogP contribution in [0.3, 0.4) is 0 Å². The Balaban J connectivity index is 1.73. The van der Waals surface area contributed by atoms with Crippen molar-refractivity contribution in [3.05, 3.63) is 94.0 Å². The molecule has 0 saturated carbocycles. The van der Waals surface area contributed by atoms with Crippen LogP contribution in [-0.2, 0) is 0 Å². The number of piperazine rings is 1. The van der Waals surface area contributed by atoms with Gasteiger partial charge in [-0.05, 0) is 28.3 Å². The van der Waals surface area contributed by atoms with Crippen LogP contribution in [0.1, 0.15) is 17.2 Å². The van der Waals surface area contributed by atoms with Crippen molar-refractivity contribution < 1.29 is 0 Å². The summed E-state index contributed by atoms with van der Waals surface area (Å²) in [5.74, 6) is 0. The van der Waals surface area contributed by atoms with Crippen molar-refractivity contribution in [2.45, 2.75) is 6.04 Å². The molecule has 27 heavy (non-hydrogen) atoms. The summed E-state index contributed by atoms with van der Waals surface area (Å²) in [6.45, 7) is 3.93. The quantitative estimate of drug-likeness (QED) is 0.612. The average Bonchev–Trinajstić information content (AvgIpc) is 2.73. The molecule has 1 saturated heterocycles. The Bertz CT molecular complexity index is 888. The molecule has 1 heterocycles. The molecule has 4 heteroatoms. The van der Waals surface area contributed by atoms with Crippen LogP contribution >= 0.6 is 23.2 Å². The first-order valence-electron chi connectivity index (χ1n) is 9.28. The van der Waals surface area contributed by atoms with Gasteiger partial charge in [0.2, 0.25) is 0 Å². The molecule has 138 valence electrons. The number of rotatable bonds is 4. The normalized spacial score (nSPS) is 16.2. The van der Waals surface area contributed by atoms with E-state index in [0.717, 1.165) is 31.7 Å². The van der Waals surface area contributed by atoms with E-state index in [9.17, 15) is 0 Å². The standard InChI is InChI=1S/C23H22Cl2N2/c24-21-8-4-7-20(22(21)25)23(27-15-13-26-14-16-27)19-11-9-18(10-12-19)17-5-2-1-3-6-17/h1-12,23,26H,13-16H2. The van der Waals surface area contributed by atoms with E-state index in [2.05, 4.69) is 64.8 Å². The third kappa shape index (κ3) is 4.04. The van der Waals surface area contributed by atoms with Gasteiger partial charge in [0.1, 0.15) is 0 Å². The lowest BCUT2D eigenvalue weighted by Crippen LogP contribution is -2.45. The van der Waals surface area contributed by atoms with Crippen LogP contribution in [-0.4, -0.2) is 31.1 Å². The molecule has 0 aromatic heterocycles. The average molecular weight is 397 g/mol. The van der Waals surface area contributed by atoms with Crippen LogP contribution in [0.25, 0.3) is 11.1 Å². The monoisotopic (exact) mass is 396 g/mol. The molecule has 1 N–H and O–H groups in total. The van der Waals surface area contributed by atoms with Gasteiger partial charge in [-0.3, -0.25) is 4.90 Å². The molecule has 1 aliphatic heterocycles. The van der Waals surface area contributed by atoms with Crippen molar-refractivity contribution in [1.82, 2.24) is 10.2 Å². The fourth-order valence-corrected chi connectivity index (χ4v) is 4.16. The van der Waals surface area contributed by atoms with Gasteiger partial charge in [-0.25, -0.2) is 0 Å². The van der Waals surface area contributed by atoms with Gasteiger partial charge in [-0.2, -0.15) is 0 Å². The zero-order chi connectivity index (χ0) is 18.6. The van der Waals surface area contributed by atoms with Crippen LogP contribution in [0.5, 0.6) is 0 Å². The molecule has 4 rings (SSSR count). The summed E-state index contributed by atoms with van der Waals surface area (Å²) in [5, 5.41) is 4.68. The van der Waals surface area contributed by atoms with Gasteiger partial charge < -0.3 is 5.32 Å². The fraction of sp³-hybridized carbons (Fsp3) is 0.217. The Morgan fingerprint density at radius 2 is 1.41 bits per heavy atom. The van der Waals surface area contributed by atoms with E-state index in [0.29, 0.717) is 10.0 Å². The Labute approximate surface area is 170 Å². The zero-order valence-electron chi connectivity index (χ0n) is 15.0. The Morgan fingerprint density at radius 1 is 0.741 bits per heavy atom. The van der Waals surface area contributed by atoms with E-state index in [1.807, 2.05) is 18.2 Å². The third-order valence-corrected chi connectivity index (χ3v) is 5.96. The smallest absolute Gasteiger partial charge is 0.0643 e. The minimum atomic E-state index is 0.100. The Kier molecular flexibility index (Phi) is 5.80. The second-order valence-electron chi connectivity index (χ2n) is 6.82. The van der Waals surface area contributed by atoms with Gasteiger partial charge in [0.05, 0.1) is 16.1 Å². The molecular formula is C23H22Cl2N2. The SMILES string of the molecule is Clc1cccc(C(c2ccc(-c3ccccc3)cc2)N2CCNCC2)c1Cl. The second-order valence-corrected chi connectivity index (χ2v) is 7.60. The summed E-state index contributed by atoms with van der Waals surface area (Å²) in [6, 6.07) is 25.3. The number of hydrogen-bond donors (Lipinski definition) is 1. The lowest BCUT2D eigenvalue weighted by molar-refractivity contribution is 0.198. The van der Waals surface area contributed by atoms with E-state index in [1.165, 1.54) is 16.7 Å². The first kappa shape index (κ1) is 18.5. The van der Waals surface area contributed by atoms with E-state index >= 15 is 0 Å². The molecule has 2 nitrogen and oxygen atoms in total. The maximum absolute atomic E-state index is 6.61. The van der Waals surface area contributed by atoms with Crippen LogP contribution in [0.4, 0.5) is 0 Å². The van der Waals surface area contributed by atoms with Crippen LogP contribution in [0, 0.1) is 0 Å². The van der Waals surface area contributed by atoms with Crippen molar-refractivity contribution in [3.63, 3.8) is 0 Å². The minimum Gasteiger partial charge on any atom is -0.314 e. The van der Waals surface area contributed by atoms with Gasteiger partial charge in [-0.1, -0.05) is 89.9 Å². The van der Waals surface area contributed by atoms with Gasteiger partial charge >= 0.3 is 0 Å². The molecule has 1 fully saturated rings. The number of halogens is 2. The maximum atomic E-state index is 6.61. The van der Waals surface area contributed by atoms with Crippen molar-refractivity contribution in [2.75, 3.05) is 26.2 Å². The molecule has 0 amide bonds. The second kappa shape index (κ2) is 8.45. The number of benzene rings is 3. The molecule has 1 aliphatic rings. The number of nitrogens with zero attached hydrogens (tertiary/aromatic N) is 1. The lowest BCUT2D eigenvalue weighted by Gasteiger charge is -2.36. The third-order valence-electron chi connectivity index (χ3n) is 5.13. The summed E-state index contributed by atoms with van der Waals surface area (Å²) in [6.07, 6.45) is 0. The largest absolute Gasteiger partial charge is 0.314 e. The summed E-state index contributed by atoms with van der Waals surface area (Å²) in [7, 11) is 0. The fourth-order valence-electron chi connectivity index (χ4n) is 3.75. The Morgan fingerprint density at radius 3 is 2.11 bits per heavy atom. The van der Waals surface area contributed by atoms with E-state index < -0.39 is 0 Å². The zero-order valence-corrected chi connectivity index (χ0v) is 16.5. The van der Waals surface area contributed by atoms with Crippen LogP contribution in [0.2, 0.25) is 10.0 Å². The highest BCUT2D eigenvalue weighted by molar-refractivity contribution is 6.42. The topological polar surface area (TPSA) is 15.3 Å². The molecule has 3 aromatic carbocycles. The highest BCUT2D eigenvalue weighted by Gasteiger charge is 2.26. The molecule has 0 spiro atoms. The van der Waals surface area contributed by atoms with Gasteiger partial charge in [0.15, 0.2) is 0 Å². The molecule has 1 atom stereocenters. The van der Waals surface area contributed by atoms with Crippen molar-refractivity contribution in [1.29, 1.82) is 0 Å². The highest BCUT2D eigenvalue weighted by atomic mass is 35.5. The van der Waals surface area contributed by atoms with Gasteiger partial charge in [0, 0.05) is 26.2 Å². The van der Waals surface area contributed by atoms with Crippen molar-refractivity contribution >= 4 is 23.2 Å². The van der Waals surface area contributed by atoms with Crippen LogP contribution in [0.15, 0.2) is 72.8 Å². The molecule has 3 aromatic rings. The first-order chi connectivity index (χ1) is 13.2. The number of hydrogen-bond acceptors (Lipinski definition) is 2. The molecular weight excluding hydrogens is 375 g/mol. The predicted molar refractivity (Wildman–Crippen MR) is 115 cm³/mol. The summed E-state index contributed by atoms with van der Waals surface area (Å²) in [5.41, 5.74) is 4.75. The maximum Gasteiger partial charge on any atom is 0.0643 e. The predicted octanol–water partition coefficient (Wildman–Crippen LogP) is 5.66. The van der Waals surface area contributed by atoms with Crippen molar-refractivity contribution in [2.24, 2.45) is 0 Å². The molecule has 0 bridgehead atoms. The lowest BCUT2D eigenvalue weighted by atomic mass is 9.94. The summed E-state index contributed by atoms with van der Waals surface area (Å²) in [4.78, 5) is 2.48. The van der Waals surface area contributed by atoms with E-state index in [4.69, 9.17) is 23.2 Å². The highest BCUT2D eigenvalue weighted by Crippen LogP contribution is 2.37. The Hall–Kier alpha value is -1.84.